The largest absolute Gasteiger partial charge is 0.329 e. The first kappa shape index (κ1) is 12.1. The first-order valence-electron chi connectivity index (χ1n) is 6.20. The van der Waals surface area contributed by atoms with E-state index in [-0.39, 0.29) is 0 Å². The van der Waals surface area contributed by atoms with Gasteiger partial charge in [-0.15, -0.1) is 11.3 Å². The Bertz CT molecular complexity index is 652. The van der Waals surface area contributed by atoms with E-state index in [0.717, 1.165) is 17.0 Å². The summed E-state index contributed by atoms with van der Waals surface area (Å²) in [6.07, 6.45) is 12.5. The lowest BCUT2D eigenvalue weighted by molar-refractivity contribution is 0.574. The molecule has 0 N–H and O–H groups in total. The van der Waals surface area contributed by atoms with Crippen molar-refractivity contribution >= 4 is 11.3 Å². The molecule has 0 fully saturated rings. The molecule has 0 spiro atoms. The third-order valence-corrected chi connectivity index (χ3v) is 4.22. The first-order valence-corrected chi connectivity index (χ1v) is 7.01. The summed E-state index contributed by atoms with van der Waals surface area (Å²) < 4.78 is 3.92. The van der Waals surface area contributed by atoms with E-state index in [0.29, 0.717) is 6.04 Å². The minimum Gasteiger partial charge on any atom is -0.329 e. The smallest absolute Gasteiger partial charge is 0.126 e. The maximum atomic E-state index is 4.51. The van der Waals surface area contributed by atoms with Gasteiger partial charge in [0, 0.05) is 42.3 Å². The zero-order valence-corrected chi connectivity index (χ0v) is 11.7. The Hall–Kier alpha value is -1.95. The van der Waals surface area contributed by atoms with Crippen molar-refractivity contribution in [2.45, 2.75) is 19.4 Å². The van der Waals surface area contributed by atoms with Crippen molar-refractivity contribution in [1.82, 2.24) is 24.3 Å². The molecule has 3 aromatic rings. The average molecular weight is 273 g/mol. The van der Waals surface area contributed by atoms with Crippen molar-refractivity contribution in [3.63, 3.8) is 0 Å². The van der Waals surface area contributed by atoms with Gasteiger partial charge in [-0.05, 0) is 6.42 Å². The molecule has 0 amide bonds. The molecule has 6 heteroatoms. The molecule has 3 heterocycles. The number of aromatic nitrogens is 5. The van der Waals surface area contributed by atoms with Crippen LogP contribution in [0.2, 0.25) is 0 Å². The van der Waals surface area contributed by atoms with E-state index in [9.17, 15) is 0 Å². The Morgan fingerprint density at radius 1 is 1.37 bits per heavy atom. The van der Waals surface area contributed by atoms with Crippen molar-refractivity contribution in [2.24, 2.45) is 7.05 Å². The van der Waals surface area contributed by atoms with Crippen LogP contribution in [0.15, 0.2) is 37.3 Å². The Morgan fingerprint density at radius 3 is 2.89 bits per heavy atom. The third-order valence-electron chi connectivity index (χ3n) is 3.08. The lowest BCUT2D eigenvalue weighted by Gasteiger charge is -2.13. The molecule has 0 saturated heterocycles. The molecule has 0 aliphatic carbocycles. The zero-order chi connectivity index (χ0) is 13.2. The van der Waals surface area contributed by atoms with E-state index >= 15 is 0 Å². The molecular weight excluding hydrogens is 258 g/mol. The summed E-state index contributed by atoms with van der Waals surface area (Å²) in [4.78, 5) is 9.88. The van der Waals surface area contributed by atoms with E-state index in [2.05, 4.69) is 26.6 Å². The molecule has 0 aromatic carbocycles. The van der Waals surface area contributed by atoms with Gasteiger partial charge in [-0.2, -0.15) is 5.10 Å². The Kier molecular flexibility index (Phi) is 3.16. The number of nitrogens with zero attached hydrogens (tertiary/aromatic N) is 5. The van der Waals surface area contributed by atoms with E-state index in [1.54, 1.807) is 16.0 Å². The van der Waals surface area contributed by atoms with Crippen LogP contribution in [0, 0.1) is 0 Å². The molecule has 1 unspecified atom stereocenters. The second kappa shape index (κ2) is 4.97. The minimum absolute atomic E-state index is 0.311. The molecule has 98 valence electrons. The van der Waals surface area contributed by atoms with Crippen LogP contribution in [0.4, 0.5) is 0 Å². The highest BCUT2D eigenvalue weighted by Crippen LogP contribution is 2.31. The molecule has 0 aliphatic heterocycles. The fourth-order valence-electron chi connectivity index (χ4n) is 2.12. The lowest BCUT2D eigenvalue weighted by Crippen LogP contribution is -2.05. The van der Waals surface area contributed by atoms with E-state index < -0.39 is 0 Å². The van der Waals surface area contributed by atoms with Gasteiger partial charge in [0.25, 0.3) is 0 Å². The summed E-state index contributed by atoms with van der Waals surface area (Å²) >= 11 is 1.72. The van der Waals surface area contributed by atoms with Crippen LogP contribution in [0.25, 0.3) is 10.6 Å². The topological polar surface area (TPSA) is 48.5 Å². The highest BCUT2D eigenvalue weighted by molar-refractivity contribution is 7.15. The van der Waals surface area contributed by atoms with Gasteiger partial charge in [-0.25, -0.2) is 9.97 Å². The SMILES string of the molecule is CCC(c1cnc(-c2cnn(C)c2)s1)n1ccnc1. The van der Waals surface area contributed by atoms with Gasteiger partial charge in [0.05, 0.1) is 18.6 Å². The molecule has 0 bridgehead atoms. The third kappa shape index (κ3) is 2.31. The molecule has 3 aromatic heterocycles. The number of rotatable bonds is 4. The van der Waals surface area contributed by atoms with Crippen LogP contribution in [-0.2, 0) is 7.05 Å². The highest BCUT2D eigenvalue weighted by atomic mass is 32.1. The van der Waals surface area contributed by atoms with Gasteiger partial charge in [-0.3, -0.25) is 4.68 Å². The van der Waals surface area contributed by atoms with Crippen molar-refractivity contribution in [3.05, 3.63) is 42.2 Å². The van der Waals surface area contributed by atoms with Crippen LogP contribution < -0.4 is 0 Å². The predicted molar refractivity (Wildman–Crippen MR) is 75.0 cm³/mol. The molecule has 5 nitrogen and oxygen atoms in total. The summed E-state index contributed by atoms with van der Waals surface area (Å²) in [5.41, 5.74) is 1.07. The number of thiazole rings is 1. The van der Waals surface area contributed by atoms with Crippen molar-refractivity contribution < 1.29 is 0 Å². The second-order valence-corrected chi connectivity index (χ2v) is 5.47. The quantitative estimate of drug-likeness (QED) is 0.734. The number of imidazole rings is 1. The van der Waals surface area contributed by atoms with Gasteiger partial charge >= 0.3 is 0 Å². The van der Waals surface area contributed by atoms with Crippen LogP contribution in [0.5, 0.6) is 0 Å². The molecule has 0 radical (unpaired) electrons. The molecule has 0 aliphatic rings. The van der Waals surface area contributed by atoms with Gasteiger partial charge in [0.2, 0.25) is 0 Å². The lowest BCUT2D eigenvalue weighted by atomic mass is 10.2. The number of aryl methyl sites for hydroxylation is 1. The molecule has 19 heavy (non-hydrogen) atoms. The Balaban J connectivity index is 1.92. The van der Waals surface area contributed by atoms with E-state index in [1.165, 1.54) is 4.88 Å². The molecular formula is C13H15N5S. The molecule has 3 rings (SSSR count). The minimum atomic E-state index is 0.311. The van der Waals surface area contributed by atoms with Gasteiger partial charge in [0.15, 0.2) is 0 Å². The van der Waals surface area contributed by atoms with Crippen molar-refractivity contribution in [2.75, 3.05) is 0 Å². The molecule has 1 atom stereocenters. The van der Waals surface area contributed by atoms with Crippen LogP contribution in [0.3, 0.4) is 0 Å². The highest BCUT2D eigenvalue weighted by Gasteiger charge is 2.15. The second-order valence-electron chi connectivity index (χ2n) is 4.40. The van der Waals surface area contributed by atoms with Crippen LogP contribution in [-0.4, -0.2) is 24.3 Å². The van der Waals surface area contributed by atoms with E-state index in [4.69, 9.17) is 0 Å². The maximum absolute atomic E-state index is 4.51. The molecule has 0 saturated carbocycles. The van der Waals surface area contributed by atoms with Gasteiger partial charge in [0.1, 0.15) is 5.01 Å². The fourth-order valence-corrected chi connectivity index (χ4v) is 3.20. The predicted octanol–water partition coefficient (Wildman–Crippen LogP) is 2.74. The summed E-state index contributed by atoms with van der Waals surface area (Å²) in [6.45, 7) is 2.17. The van der Waals surface area contributed by atoms with Crippen molar-refractivity contribution in [3.8, 4) is 10.6 Å². The average Bonchev–Trinajstić information content (AvgIpc) is 3.10. The summed E-state index contributed by atoms with van der Waals surface area (Å²) in [5.74, 6) is 0. The monoisotopic (exact) mass is 273 g/mol. The van der Waals surface area contributed by atoms with Gasteiger partial charge < -0.3 is 4.57 Å². The van der Waals surface area contributed by atoms with Crippen molar-refractivity contribution in [1.29, 1.82) is 0 Å². The van der Waals surface area contributed by atoms with Gasteiger partial charge in [-0.1, -0.05) is 6.92 Å². The standard InChI is InChI=1S/C13H15N5S/c1-3-11(18-5-4-14-9-18)12-7-15-13(19-12)10-6-16-17(2)8-10/h4-9,11H,3H2,1-2H3. The summed E-state index contributed by atoms with van der Waals surface area (Å²) in [7, 11) is 1.92. The Morgan fingerprint density at radius 2 is 2.26 bits per heavy atom. The Labute approximate surface area is 115 Å². The maximum Gasteiger partial charge on any atom is 0.126 e. The van der Waals surface area contributed by atoms with Crippen LogP contribution in [0.1, 0.15) is 24.3 Å². The zero-order valence-electron chi connectivity index (χ0n) is 10.9. The normalized spacial score (nSPS) is 12.7. The van der Waals surface area contributed by atoms with E-state index in [1.807, 2.05) is 44.4 Å². The fraction of sp³-hybridized carbons (Fsp3) is 0.308. The summed E-state index contributed by atoms with van der Waals surface area (Å²) in [5, 5.41) is 5.20. The summed E-state index contributed by atoms with van der Waals surface area (Å²) in [6, 6.07) is 0.311. The number of hydrogen-bond acceptors (Lipinski definition) is 4. The van der Waals surface area contributed by atoms with Crippen LogP contribution >= 0.6 is 11.3 Å². The number of hydrogen-bond donors (Lipinski definition) is 0. The first-order chi connectivity index (χ1) is 9.28.